The minimum atomic E-state index is -0.760. The number of nitrogens with zero attached hydrogens (tertiary/aromatic N) is 1. The molecule has 2 aliphatic carbocycles. The van der Waals surface area contributed by atoms with E-state index >= 15 is 0 Å². The van der Waals surface area contributed by atoms with E-state index in [-0.39, 0.29) is 41.5 Å². The normalized spacial score (nSPS) is 28.4. The molecule has 1 N–H and O–H groups in total. The smallest absolute Gasteiger partial charge is 0.326 e. The van der Waals surface area contributed by atoms with Crippen LogP contribution in [0.1, 0.15) is 24.9 Å². The molecule has 146 valence electrons. The van der Waals surface area contributed by atoms with Gasteiger partial charge in [0.1, 0.15) is 6.54 Å². The van der Waals surface area contributed by atoms with Gasteiger partial charge in [0, 0.05) is 0 Å². The summed E-state index contributed by atoms with van der Waals surface area (Å²) in [4.78, 5) is 50.2. The van der Waals surface area contributed by atoms with Crippen molar-refractivity contribution in [3.05, 3.63) is 48.0 Å². The molecule has 1 heterocycles. The molecule has 7 heteroatoms. The van der Waals surface area contributed by atoms with Gasteiger partial charge in [-0.1, -0.05) is 42.5 Å². The first kappa shape index (κ1) is 18.4. The molecule has 1 aromatic rings. The van der Waals surface area contributed by atoms with Crippen molar-refractivity contribution in [3.8, 4) is 0 Å². The van der Waals surface area contributed by atoms with Gasteiger partial charge in [-0.2, -0.15) is 0 Å². The molecule has 0 aromatic heterocycles. The van der Waals surface area contributed by atoms with Crippen molar-refractivity contribution in [1.82, 2.24) is 10.2 Å². The van der Waals surface area contributed by atoms with Crippen LogP contribution < -0.4 is 5.32 Å². The first-order valence-electron chi connectivity index (χ1n) is 9.49. The van der Waals surface area contributed by atoms with E-state index in [4.69, 9.17) is 4.74 Å². The Kier molecular flexibility index (Phi) is 4.75. The van der Waals surface area contributed by atoms with E-state index in [1.807, 2.05) is 49.4 Å². The number of likely N-dealkylation sites (tertiary alicyclic amines) is 1. The van der Waals surface area contributed by atoms with Gasteiger partial charge in [-0.3, -0.25) is 24.1 Å². The summed E-state index contributed by atoms with van der Waals surface area (Å²) in [7, 11) is 0. The van der Waals surface area contributed by atoms with Gasteiger partial charge in [0.2, 0.25) is 11.8 Å². The number of allylic oxidation sites excluding steroid dienone is 2. The first-order valence-corrected chi connectivity index (χ1v) is 9.49. The SMILES string of the molecule is C[C@@H](NC(=O)COC(=O)CN1C(=O)[C@@H]2[C@H](C1=O)[C@H]1C=C[C@H]2C1)c1ccccc1. The molecule has 1 aromatic carbocycles. The quantitative estimate of drug-likeness (QED) is 0.454. The number of ether oxygens (including phenoxy) is 1. The molecule has 1 saturated carbocycles. The summed E-state index contributed by atoms with van der Waals surface area (Å²) in [5.41, 5.74) is 0.935. The maximum absolute atomic E-state index is 12.5. The molecule has 2 bridgehead atoms. The van der Waals surface area contributed by atoms with Gasteiger partial charge in [-0.25, -0.2) is 0 Å². The second kappa shape index (κ2) is 7.22. The van der Waals surface area contributed by atoms with E-state index in [0.29, 0.717) is 0 Å². The number of fused-ring (bicyclic) bond motifs is 5. The molecule has 3 aliphatic rings. The molecule has 1 saturated heterocycles. The lowest BCUT2D eigenvalue weighted by Gasteiger charge is -2.17. The summed E-state index contributed by atoms with van der Waals surface area (Å²) in [5.74, 6) is -2.30. The standard InChI is InChI=1S/C21H22N2O5/c1-12(13-5-3-2-4-6-13)22-16(24)11-28-17(25)10-23-20(26)18-14-7-8-15(9-14)19(18)21(23)27/h2-8,12,14-15,18-19H,9-11H2,1H3,(H,22,24)/t12-,14+,15+,18-,19+/m1/s1. The summed E-state index contributed by atoms with van der Waals surface area (Å²) in [6, 6.07) is 9.19. The Morgan fingerprint density at radius 1 is 1.11 bits per heavy atom. The number of benzene rings is 1. The Labute approximate surface area is 162 Å². The van der Waals surface area contributed by atoms with Crippen LogP contribution >= 0.6 is 0 Å². The molecule has 1 aliphatic heterocycles. The highest BCUT2D eigenvalue weighted by Crippen LogP contribution is 2.52. The number of nitrogens with one attached hydrogen (secondary N) is 1. The Balaban J connectivity index is 1.27. The van der Waals surface area contributed by atoms with Crippen molar-refractivity contribution in [3.63, 3.8) is 0 Å². The van der Waals surface area contributed by atoms with Crippen molar-refractivity contribution < 1.29 is 23.9 Å². The van der Waals surface area contributed by atoms with E-state index < -0.39 is 25.0 Å². The number of imide groups is 1. The summed E-state index contributed by atoms with van der Waals surface area (Å²) in [6.45, 7) is 0.940. The Morgan fingerprint density at radius 3 is 2.32 bits per heavy atom. The predicted octanol–water partition coefficient (Wildman–Crippen LogP) is 1.21. The second-order valence-electron chi connectivity index (χ2n) is 7.62. The van der Waals surface area contributed by atoms with Crippen LogP contribution in [0.5, 0.6) is 0 Å². The van der Waals surface area contributed by atoms with Crippen molar-refractivity contribution in [2.24, 2.45) is 23.7 Å². The van der Waals surface area contributed by atoms with E-state index in [1.165, 1.54) is 0 Å². The number of rotatable bonds is 6. The number of esters is 1. The van der Waals surface area contributed by atoms with Gasteiger partial charge in [0.05, 0.1) is 17.9 Å². The molecule has 0 spiro atoms. The number of carbonyl (C=O) groups excluding carboxylic acids is 4. The monoisotopic (exact) mass is 382 g/mol. The number of carbonyl (C=O) groups is 4. The van der Waals surface area contributed by atoms with Gasteiger partial charge in [0.15, 0.2) is 6.61 Å². The van der Waals surface area contributed by atoms with Crippen LogP contribution in [0.3, 0.4) is 0 Å². The molecule has 28 heavy (non-hydrogen) atoms. The average molecular weight is 382 g/mol. The third-order valence-corrected chi connectivity index (χ3v) is 5.89. The Bertz CT molecular complexity index is 820. The maximum Gasteiger partial charge on any atom is 0.326 e. The summed E-state index contributed by atoms with van der Waals surface area (Å²) >= 11 is 0. The Hall–Kier alpha value is -2.96. The first-order chi connectivity index (χ1) is 13.5. The van der Waals surface area contributed by atoms with Crippen molar-refractivity contribution in [2.45, 2.75) is 19.4 Å². The van der Waals surface area contributed by atoms with E-state index in [1.54, 1.807) is 0 Å². The van der Waals surface area contributed by atoms with Crippen molar-refractivity contribution >= 4 is 23.7 Å². The lowest BCUT2D eigenvalue weighted by Crippen LogP contribution is -2.39. The number of hydrogen-bond donors (Lipinski definition) is 1. The van der Waals surface area contributed by atoms with Crippen LogP contribution in [-0.4, -0.2) is 41.7 Å². The van der Waals surface area contributed by atoms with Crippen molar-refractivity contribution in [2.75, 3.05) is 13.2 Å². The Morgan fingerprint density at radius 2 is 1.71 bits per heavy atom. The van der Waals surface area contributed by atoms with E-state index in [2.05, 4.69) is 5.32 Å². The van der Waals surface area contributed by atoms with Crippen LogP contribution in [0.15, 0.2) is 42.5 Å². The largest absolute Gasteiger partial charge is 0.454 e. The van der Waals surface area contributed by atoms with Gasteiger partial charge in [-0.05, 0) is 30.7 Å². The number of amides is 3. The van der Waals surface area contributed by atoms with Gasteiger partial charge in [-0.15, -0.1) is 0 Å². The molecule has 5 atom stereocenters. The average Bonchev–Trinajstić information content (AvgIpc) is 3.37. The fourth-order valence-electron chi connectivity index (χ4n) is 4.55. The summed E-state index contributed by atoms with van der Waals surface area (Å²) in [6.07, 6.45) is 4.83. The third kappa shape index (κ3) is 3.21. The van der Waals surface area contributed by atoms with Gasteiger partial charge < -0.3 is 10.1 Å². The highest BCUT2D eigenvalue weighted by atomic mass is 16.5. The zero-order valence-electron chi connectivity index (χ0n) is 15.5. The molecular weight excluding hydrogens is 360 g/mol. The molecule has 2 fully saturated rings. The third-order valence-electron chi connectivity index (χ3n) is 5.89. The van der Waals surface area contributed by atoms with Crippen LogP contribution in [0.2, 0.25) is 0 Å². The lowest BCUT2D eigenvalue weighted by molar-refractivity contribution is -0.155. The maximum atomic E-state index is 12.5. The zero-order chi connectivity index (χ0) is 19.8. The van der Waals surface area contributed by atoms with Gasteiger partial charge in [0.25, 0.3) is 5.91 Å². The fraction of sp³-hybridized carbons (Fsp3) is 0.429. The van der Waals surface area contributed by atoms with Gasteiger partial charge >= 0.3 is 5.97 Å². The van der Waals surface area contributed by atoms with Crippen LogP contribution in [-0.2, 0) is 23.9 Å². The van der Waals surface area contributed by atoms with Crippen molar-refractivity contribution in [1.29, 1.82) is 0 Å². The summed E-state index contributed by atoms with van der Waals surface area (Å²) < 4.78 is 4.98. The van der Waals surface area contributed by atoms with E-state index in [9.17, 15) is 19.2 Å². The summed E-state index contributed by atoms with van der Waals surface area (Å²) in [5, 5.41) is 2.74. The molecule has 7 nitrogen and oxygen atoms in total. The lowest BCUT2D eigenvalue weighted by atomic mass is 9.85. The molecular formula is C21H22N2O5. The molecule has 4 rings (SSSR count). The minimum Gasteiger partial charge on any atom is -0.454 e. The molecule has 0 unspecified atom stereocenters. The fourth-order valence-corrected chi connectivity index (χ4v) is 4.55. The number of hydrogen-bond acceptors (Lipinski definition) is 5. The topological polar surface area (TPSA) is 92.8 Å². The van der Waals surface area contributed by atoms with Crippen LogP contribution in [0, 0.1) is 23.7 Å². The highest BCUT2D eigenvalue weighted by molar-refractivity contribution is 6.08. The second-order valence-corrected chi connectivity index (χ2v) is 7.62. The molecule has 3 amide bonds. The minimum absolute atomic E-state index is 0.0951. The van der Waals surface area contributed by atoms with E-state index in [0.717, 1.165) is 16.9 Å². The van der Waals surface area contributed by atoms with Crippen LogP contribution in [0.25, 0.3) is 0 Å². The molecule has 0 radical (unpaired) electrons. The highest BCUT2D eigenvalue weighted by Gasteiger charge is 2.59. The zero-order valence-corrected chi connectivity index (χ0v) is 15.5. The predicted molar refractivity (Wildman–Crippen MR) is 98.4 cm³/mol. The van der Waals surface area contributed by atoms with Crippen LogP contribution in [0.4, 0.5) is 0 Å².